The molecule has 0 unspecified atom stereocenters. The Morgan fingerprint density at radius 1 is 1.00 bits per heavy atom. The van der Waals surface area contributed by atoms with Gasteiger partial charge in [0.1, 0.15) is 12.4 Å². The molecule has 4 aliphatic carbocycles. The number of hydrogen-bond acceptors (Lipinski definition) is 2. The number of benzene rings is 2. The monoisotopic (exact) mass is 409 g/mol. The topological polar surface area (TPSA) is 21.3 Å². The van der Waals surface area contributed by atoms with E-state index in [-0.39, 0.29) is 0 Å². The predicted molar refractivity (Wildman–Crippen MR) is 119 cm³/mol. The summed E-state index contributed by atoms with van der Waals surface area (Å²) in [5.74, 6) is 3.93. The zero-order chi connectivity index (χ0) is 19.8. The molecule has 4 fully saturated rings. The second kappa shape index (κ2) is 7.96. The lowest BCUT2D eigenvalue weighted by molar-refractivity contribution is -0.0706. The lowest BCUT2D eigenvalue weighted by Gasteiger charge is -2.59. The van der Waals surface area contributed by atoms with Gasteiger partial charge in [0.05, 0.1) is 0 Å². The Kier molecular flexibility index (Phi) is 5.34. The fourth-order valence-corrected chi connectivity index (χ4v) is 6.91. The summed E-state index contributed by atoms with van der Waals surface area (Å²) in [6, 6.07) is 16.9. The standard InChI is InChI=1S/C26H32ClNO/c1-18(26-13-20-9-21(14-26)11-22(10-20)15-26)28-16-19-5-4-7-24(12-19)29-17-23-6-2-3-8-25(23)27/h2-8,12,18,20-22,28H,9-11,13-17H2,1H3/t18-,20?,21?,22?,26?/m1/s1. The molecule has 4 aliphatic rings. The van der Waals surface area contributed by atoms with Crippen molar-refractivity contribution in [1.29, 1.82) is 0 Å². The van der Waals surface area contributed by atoms with Gasteiger partial charge in [-0.15, -0.1) is 0 Å². The molecule has 4 bridgehead atoms. The second-order valence-corrected chi connectivity index (χ2v) is 10.3. The van der Waals surface area contributed by atoms with E-state index in [1.807, 2.05) is 30.3 Å². The maximum atomic E-state index is 6.25. The lowest BCUT2D eigenvalue weighted by Crippen LogP contribution is -2.54. The molecule has 1 atom stereocenters. The second-order valence-electron chi connectivity index (χ2n) is 9.91. The summed E-state index contributed by atoms with van der Waals surface area (Å²) in [6.45, 7) is 3.84. The van der Waals surface area contributed by atoms with Crippen LogP contribution in [-0.2, 0) is 13.2 Å². The molecule has 0 spiro atoms. The number of rotatable bonds is 7. The molecule has 0 heterocycles. The molecule has 1 N–H and O–H groups in total. The van der Waals surface area contributed by atoms with E-state index in [0.717, 1.165) is 40.6 Å². The fraction of sp³-hybridized carbons (Fsp3) is 0.538. The molecule has 4 saturated carbocycles. The van der Waals surface area contributed by atoms with Crippen LogP contribution in [0.5, 0.6) is 5.75 Å². The number of hydrogen-bond donors (Lipinski definition) is 1. The Bertz CT molecular complexity index is 828. The highest BCUT2D eigenvalue weighted by Gasteiger charge is 2.52. The highest BCUT2D eigenvalue weighted by atomic mass is 35.5. The number of ether oxygens (including phenoxy) is 1. The highest BCUT2D eigenvalue weighted by molar-refractivity contribution is 6.31. The van der Waals surface area contributed by atoms with Gasteiger partial charge in [-0.2, -0.15) is 0 Å². The van der Waals surface area contributed by atoms with E-state index >= 15 is 0 Å². The van der Waals surface area contributed by atoms with E-state index in [0.29, 0.717) is 18.1 Å². The van der Waals surface area contributed by atoms with Gasteiger partial charge in [-0.3, -0.25) is 0 Å². The van der Waals surface area contributed by atoms with Crippen LogP contribution in [0.4, 0.5) is 0 Å². The van der Waals surface area contributed by atoms with Gasteiger partial charge in [-0.1, -0.05) is 41.9 Å². The van der Waals surface area contributed by atoms with Crippen LogP contribution in [0.15, 0.2) is 48.5 Å². The van der Waals surface area contributed by atoms with Crippen LogP contribution in [0, 0.1) is 23.2 Å². The maximum Gasteiger partial charge on any atom is 0.120 e. The van der Waals surface area contributed by atoms with Crippen LogP contribution >= 0.6 is 11.6 Å². The van der Waals surface area contributed by atoms with Crippen molar-refractivity contribution >= 4 is 11.6 Å². The molecule has 2 aromatic rings. The summed E-state index contributed by atoms with van der Waals surface area (Å²) < 4.78 is 6.01. The molecule has 0 saturated heterocycles. The minimum atomic E-state index is 0.500. The molecule has 0 aromatic heterocycles. The summed E-state index contributed by atoms with van der Waals surface area (Å²) in [4.78, 5) is 0. The largest absolute Gasteiger partial charge is 0.489 e. The first-order valence-corrected chi connectivity index (χ1v) is 11.7. The van der Waals surface area contributed by atoms with Gasteiger partial charge in [0.2, 0.25) is 0 Å². The first-order chi connectivity index (χ1) is 14.1. The Morgan fingerprint density at radius 2 is 1.69 bits per heavy atom. The molecule has 3 heteroatoms. The van der Waals surface area contributed by atoms with Crippen molar-refractivity contribution in [3.05, 3.63) is 64.7 Å². The van der Waals surface area contributed by atoms with E-state index in [4.69, 9.17) is 16.3 Å². The third kappa shape index (κ3) is 4.07. The first kappa shape index (κ1) is 19.5. The normalized spacial score (nSPS) is 31.0. The van der Waals surface area contributed by atoms with Crippen molar-refractivity contribution in [3.8, 4) is 5.75 Å². The lowest BCUT2D eigenvalue weighted by atomic mass is 9.48. The summed E-state index contributed by atoms with van der Waals surface area (Å²) in [6.07, 6.45) is 8.89. The van der Waals surface area contributed by atoms with Gasteiger partial charge in [0.25, 0.3) is 0 Å². The van der Waals surface area contributed by atoms with Gasteiger partial charge in [0.15, 0.2) is 0 Å². The third-order valence-corrected chi connectivity index (χ3v) is 8.24. The molecular formula is C26H32ClNO. The van der Waals surface area contributed by atoms with Crippen LogP contribution in [0.2, 0.25) is 5.02 Å². The number of halogens is 1. The van der Waals surface area contributed by atoms with Crippen molar-refractivity contribution in [1.82, 2.24) is 5.32 Å². The minimum absolute atomic E-state index is 0.500. The smallest absolute Gasteiger partial charge is 0.120 e. The van der Waals surface area contributed by atoms with Crippen molar-refractivity contribution in [3.63, 3.8) is 0 Å². The van der Waals surface area contributed by atoms with Gasteiger partial charge >= 0.3 is 0 Å². The summed E-state index contributed by atoms with van der Waals surface area (Å²) in [5.41, 5.74) is 2.86. The van der Waals surface area contributed by atoms with E-state index in [2.05, 4.69) is 30.4 Å². The molecule has 154 valence electrons. The van der Waals surface area contributed by atoms with Crippen LogP contribution in [0.3, 0.4) is 0 Å². The Hall–Kier alpha value is -1.51. The van der Waals surface area contributed by atoms with E-state index in [9.17, 15) is 0 Å². The Balaban J connectivity index is 1.19. The third-order valence-electron chi connectivity index (χ3n) is 7.87. The van der Waals surface area contributed by atoms with Crippen LogP contribution in [-0.4, -0.2) is 6.04 Å². The first-order valence-electron chi connectivity index (χ1n) is 11.3. The van der Waals surface area contributed by atoms with E-state index in [1.165, 1.54) is 44.1 Å². The zero-order valence-electron chi connectivity index (χ0n) is 17.4. The number of nitrogens with one attached hydrogen (secondary N) is 1. The molecule has 0 amide bonds. The van der Waals surface area contributed by atoms with Gasteiger partial charge in [-0.05, 0) is 92.4 Å². The zero-order valence-corrected chi connectivity index (χ0v) is 18.1. The summed E-state index contributed by atoms with van der Waals surface area (Å²) >= 11 is 6.25. The average Bonchev–Trinajstić information content (AvgIpc) is 2.71. The van der Waals surface area contributed by atoms with E-state index in [1.54, 1.807) is 0 Å². The summed E-state index contributed by atoms with van der Waals surface area (Å²) in [5, 5.41) is 4.65. The molecule has 0 aliphatic heterocycles. The predicted octanol–water partition coefficient (Wildman–Crippen LogP) is 6.61. The van der Waals surface area contributed by atoms with Crippen molar-refractivity contribution in [2.75, 3.05) is 0 Å². The van der Waals surface area contributed by atoms with Crippen LogP contribution in [0.1, 0.15) is 56.6 Å². The fourth-order valence-electron chi connectivity index (χ4n) is 6.72. The van der Waals surface area contributed by atoms with Crippen LogP contribution in [0.25, 0.3) is 0 Å². The Labute approximate surface area is 180 Å². The molecule has 2 nitrogen and oxygen atoms in total. The summed E-state index contributed by atoms with van der Waals surface area (Å²) in [7, 11) is 0. The van der Waals surface area contributed by atoms with Crippen molar-refractivity contribution < 1.29 is 4.74 Å². The minimum Gasteiger partial charge on any atom is -0.489 e. The highest BCUT2D eigenvalue weighted by Crippen LogP contribution is 2.61. The molecule has 6 rings (SSSR count). The Morgan fingerprint density at radius 3 is 2.38 bits per heavy atom. The van der Waals surface area contributed by atoms with Crippen LogP contribution < -0.4 is 10.1 Å². The molecule has 0 radical (unpaired) electrons. The molecular weight excluding hydrogens is 378 g/mol. The van der Waals surface area contributed by atoms with Crippen molar-refractivity contribution in [2.45, 2.75) is 64.6 Å². The maximum absolute atomic E-state index is 6.25. The quantitative estimate of drug-likeness (QED) is 0.555. The van der Waals surface area contributed by atoms with Crippen molar-refractivity contribution in [2.24, 2.45) is 23.2 Å². The van der Waals surface area contributed by atoms with Gasteiger partial charge in [0, 0.05) is 23.2 Å². The molecule has 2 aromatic carbocycles. The van der Waals surface area contributed by atoms with Gasteiger partial charge in [-0.25, -0.2) is 0 Å². The van der Waals surface area contributed by atoms with E-state index < -0.39 is 0 Å². The SMILES string of the molecule is C[C@@H](NCc1cccc(OCc2ccccc2Cl)c1)C12CC3CC(CC(C3)C1)C2. The average molecular weight is 410 g/mol. The van der Waals surface area contributed by atoms with Gasteiger partial charge < -0.3 is 10.1 Å². The molecule has 29 heavy (non-hydrogen) atoms.